The number of hydrazone groups is 1. The van der Waals surface area contributed by atoms with Crippen LogP contribution in [0.4, 0.5) is 0 Å². The summed E-state index contributed by atoms with van der Waals surface area (Å²) in [6, 6.07) is 19.9. The lowest BCUT2D eigenvalue weighted by molar-refractivity contribution is -0.118. The molecular formula is C22H16BrN5O2S. The van der Waals surface area contributed by atoms with E-state index in [0.29, 0.717) is 27.4 Å². The van der Waals surface area contributed by atoms with Crippen LogP contribution in [-0.2, 0) is 4.79 Å². The summed E-state index contributed by atoms with van der Waals surface area (Å²) in [5.41, 5.74) is 4.16. The summed E-state index contributed by atoms with van der Waals surface area (Å²) in [6.07, 6.45) is 3.11. The average molecular weight is 494 g/mol. The van der Waals surface area contributed by atoms with Crippen LogP contribution in [0.25, 0.3) is 16.6 Å². The highest BCUT2D eigenvalue weighted by molar-refractivity contribution is 9.10. The molecule has 0 aliphatic heterocycles. The summed E-state index contributed by atoms with van der Waals surface area (Å²) >= 11 is 4.57. The number of hydrogen-bond acceptors (Lipinski definition) is 6. The first-order chi connectivity index (χ1) is 15.1. The predicted octanol–water partition coefficient (Wildman–Crippen LogP) is 3.79. The predicted molar refractivity (Wildman–Crippen MR) is 126 cm³/mol. The number of thioether (sulfide) groups is 1. The minimum Gasteiger partial charge on any atom is -0.272 e. The van der Waals surface area contributed by atoms with Crippen molar-refractivity contribution < 1.29 is 4.79 Å². The molecule has 2 aromatic heterocycles. The van der Waals surface area contributed by atoms with E-state index in [1.165, 1.54) is 22.5 Å². The maximum absolute atomic E-state index is 13.2. The summed E-state index contributed by atoms with van der Waals surface area (Å²) in [5.74, 6) is -0.275. The Labute approximate surface area is 190 Å². The van der Waals surface area contributed by atoms with Crippen LogP contribution in [0.3, 0.4) is 0 Å². The minimum absolute atomic E-state index is 0.0425. The van der Waals surface area contributed by atoms with Crippen LogP contribution in [0.1, 0.15) is 5.69 Å². The Hall–Kier alpha value is -3.30. The van der Waals surface area contributed by atoms with E-state index in [4.69, 9.17) is 0 Å². The third kappa shape index (κ3) is 5.07. The van der Waals surface area contributed by atoms with Crippen molar-refractivity contribution in [1.82, 2.24) is 20.0 Å². The molecule has 0 fully saturated rings. The summed E-state index contributed by atoms with van der Waals surface area (Å²) in [7, 11) is 0. The molecule has 0 radical (unpaired) electrons. The average Bonchev–Trinajstić information content (AvgIpc) is 2.79. The monoisotopic (exact) mass is 493 g/mol. The van der Waals surface area contributed by atoms with Crippen molar-refractivity contribution in [2.24, 2.45) is 5.10 Å². The van der Waals surface area contributed by atoms with Gasteiger partial charge < -0.3 is 0 Å². The zero-order valence-corrected chi connectivity index (χ0v) is 18.5. The number of carbonyl (C=O) groups excluding carboxylic acids is 1. The third-order valence-corrected chi connectivity index (χ3v) is 5.70. The lowest BCUT2D eigenvalue weighted by atomic mass is 10.2. The van der Waals surface area contributed by atoms with Gasteiger partial charge in [-0.2, -0.15) is 5.10 Å². The van der Waals surface area contributed by atoms with Crippen molar-refractivity contribution >= 4 is 50.7 Å². The van der Waals surface area contributed by atoms with E-state index < -0.39 is 0 Å². The van der Waals surface area contributed by atoms with Crippen molar-refractivity contribution in [2.45, 2.75) is 5.16 Å². The van der Waals surface area contributed by atoms with Crippen LogP contribution < -0.4 is 11.0 Å². The number of benzene rings is 2. The second kappa shape index (κ2) is 9.67. The van der Waals surface area contributed by atoms with Gasteiger partial charge in [-0.15, -0.1) is 0 Å². The largest absolute Gasteiger partial charge is 0.272 e. The van der Waals surface area contributed by atoms with Gasteiger partial charge in [0, 0.05) is 10.7 Å². The number of carbonyl (C=O) groups is 1. The first-order valence-corrected chi connectivity index (χ1v) is 11.0. The number of fused-ring (bicyclic) bond motifs is 1. The van der Waals surface area contributed by atoms with Crippen LogP contribution in [0.5, 0.6) is 0 Å². The molecule has 0 spiro atoms. The van der Waals surface area contributed by atoms with Crippen LogP contribution in [0, 0.1) is 0 Å². The quantitative estimate of drug-likeness (QED) is 0.191. The molecule has 0 atom stereocenters. The van der Waals surface area contributed by atoms with Gasteiger partial charge in [0.1, 0.15) is 0 Å². The SMILES string of the molecule is O=C(CSc1nc2ccccc2c(=O)n1-c1ccc(Br)cc1)NN=Cc1ccccn1. The molecule has 2 heterocycles. The molecule has 1 amide bonds. The standard InChI is InChI=1S/C22H16BrN5O2S/c23-15-8-10-17(11-9-15)28-21(30)18-6-1-2-7-19(18)26-22(28)31-14-20(29)27-25-13-16-5-3-4-12-24-16/h1-13H,14H2,(H,27,29). The molecule has 0 saturated carbocycles. The van der Waals surface area contributed by atoms with E-state index in [-0.39, 0.29) is 17.2 Å². The highest BCUT2D eigenvalue weighted by atomic mass is 79.9. The molecule has 0 bridgehead atoms. The van der Waals surface area contributed by atoms with Crippen molar-refractivity contribution in [3.05, 3.63) is 93.4 Å². The maximum Gasteiger partial charge on any atom is 0.266 e. The molecule has 9 heteroatoms. The Morgan fingerprint density at radius 3 is 2.65 bits per heavy atom. The van der Waals surface area contributed by atoms with Gasteiger partial charge in [-0.3, -0.25) is 19.1 Å². The van der Waals surface area contributed by atoms with E-state index in [2.05, 4.69) is 36.4 Å². The van der Waals surface area contributed by atoms with E-state index >= 15 is 0 Å². The highest BCUT2D eigenvalue weighted by Crippen LogP contribution is 2.22. The molecule has 7 nitrogen and oxygen atoms in total. The number of amides is 1. The van der Waals surface area contributed by atoms with Crippen molar-refractivity contribution in [2.75, 3.05) is 5.75 Å². The van der Waals surface area contributed by atoms with E-state index in [9.17, 15) is 9.59 Å². The molecule has 0 unspecified atom stereocenters. The maximum atomic E-state index is 13.2. The van der Waals surface area contributed by atoms with Gasteiger partial charge >= 0.3 is 0 Å². The van der Waals surface area contributed by atoms with Crippen LogP contribution in [0.15, 0.2) is 92.5 Å². The normalized spacial score (nSPS) is 11.1. The fourth-order valence-electron chi connectivity index (χ4n) is 2.81. The van der Waals surface area contributed by atoms with Crippen LogP contribution >= 0.6 is 27.7 Å². The lowest BCUT2D eigenvalue weighted by Gasteiger charge is -2.13. The number of aromatic nitrogens is 3. The van der Waals surface area contributed by atoms with Gasteiger partial charge in [0.2, 0.25) is 0 Å². The third-order valence-electron chi connectivity index (χ3n) is 4.24. The molecule has 4 rings (SSSR count). The smallest absolute Gasteiger partial charge is 0.266 e. The Kier molecular flexibility index (Phi) is 6.54. The molecule has 31 heavy (non-hydrogen) atoms. The number of para-hydroxylation sites is 1. The summed E-state index contributed by atoms with van der Waals surface area (Å²) in [6.45, 7) is 0. The molecule has 4 aromatic rings. The number of hydrogen-bond donors (Lipinski definition) is 1. The summed E-state index contributed by atoms with van der Waals surface area (Å²) in [5, 5.41) is 4.86. The number of nitrogens with zero attached hydrogens (tertiary/aromatic N) is 4. The van der Waals surface area contributed by atoms with Gasteiger partial charge in [0.05, 0.1) is 34.3 Å². The van der Waals surface area contributed by atoms with Crippen molar-refractivity contribution in [3.63, 3.8) is 0 Å². The zero-order chi connectivity index (χ0) is 21.6. The van der Waals surface area contributed by atoms with Gasteiger partial charge in [-0.05, 0) is 48.5 Å². The van der Waals surface area contributed by atoms with E-state index in [0.717, 1.165) is 4.47 Å². The molecule has 0 aliphatic rings. The van der Waals surface area contributed by atoms with Crippen LogP contribution in [0.2, 0.25) is 0 Å². The van der Waals surface area contributed by atoms with Gasteiger partial charge in [-0.1, -0.05) is 45.9 Å². The topological polar surface area (TPSA) is 89.2 Å². The minimum atomic E-state index is -0.318. The molecule has 1 N–H and O–H groups in total. The highest BCUT2D eigenvalue weighted by Gasteiger charge is 2.14. The number of rotatable bonds is 6. The Morgan fingerprint density at radius 2 is 1.87 bits per heavy atom. The first-order valence-electron chi connectivity index (χ1n) is 9.25. The second-order valence-corrected chi connectivity index (χ2v) is 8.22. The van der Waals surface area contributed by atoms with E-state index in [1.54, 1.807) is 36.5 Å². The fourth-order valence-corrected chi connectivity index (χ4v) is 3.88. The molecular weight excluding hydrogens is 478 g/mol. The summed E-state index contributed by atoms with van der Waals surface area (Å²) < 4.78 is 2.42. The Balaban J connectivity index is 1.58. The fraction of sp³-hybridized carbons (Fsp3) is 0.0455. The lowest BCUT2D eigenvalue weighted by Crippen LogP contribution is -2.24. The number of pyridine rings is 1. The van der Waals surface area contributed by atoms with Gasteiger partial charge in [0.25, 0.3) is 11.5 Å². The molecule has 2 aromatic carbocycles. The summed E-state index contributed by atoms with van der Waals surface area (Å²) in [4.78, 5) is 34.2. The molecule has 0 aliphatic carbocycles. The zero-order valence-electron chi connectivity index (χ0n) is 16.1. The van der Waals surface area contributed by atoms with E-state index in [1.807, 2.05) is 36.4 Å². The van der Waals surface area contributed by atoms with Gasteiger partial charge in [-0.25, -0.2) is 10.4 Å². The second-order valence-electron chi connectivity index (χ2n) is 6.36. The Bertz CT molecular complexity index is 1310. The first kappa shape index (κ1) is 21.0. The van der Waals surface area contributed by atoms with Gasteiger partial charge in [0.15, 0.2) is 5.16 Å². The molecule has 154 valence electrons. The van der Waals surface area contributed by atoms with Crippen molar-refractivity contribution in [1.29, 1.82) is 0 Å². The molecule has 0 saturated heterocycles. The van der Waals surface area contributed by atoms with Crippen molar-refractivity contribution in [3.8, 4) is 5.69 Å². The number of nitrogens with one attached hydrogen (secondary N) is 1. The Morgan fingerprint density at radius 1 is 1.10 bits per heavy atom. The van der Waals surface area contributed by atoms with Crippen LogP contribution in [-0.4, -0.2) is 32.4 Å². The number of halogens is 1.